The number of carbonyl (C=O) groups is 4. The van der Waals surface area contributed by atoms with E-state index in [2.05, 4.69) is 13.2 Å². The Balaban J connectivity index is 1.32. The first-order chi connectivity index (χ1) is 23.4. The van der Waals surface area contributed by atoms with Gasteiger partial charge in [-0.3, -0.25) is 0 Å². The van der Waals surface area contributed by atoms with E-state index in [1.165, 1.54) is 24.3 Å². The van der Waals surface area contributed by atoms with E-state index in [-0.39, 0.29) is 5.75 Å². The third-order valence-corrected chi connectivity index (χ3v) is 6.86. The van der Waals surface area contributed by atoms with Crippen LogP contribution in [0.15, 0.2) is 98.1 Å². The van der Waals surface area contributed by atoms with Gasteiger partial charge in [0.05, 0.1) is 37.6 Å². The molecule has 0 N–H and O–H groups in total. The van der Waals surface area contributed by atoms with Crippen LogP contribution in [0.1, 0.15) is 72.1 Å². The molecule has 0 bridgehead atoms. The van der Waals surface area contributed by atoms with Gasteiger partial charge >= 0.3 is 23.9 Å². The topological polar surface area (TPSA) is 124 Å². The van der Waals surface area contributed by atoms with Gasteiger partial charge in [-0.05, 0) is 124 Å². The van der Waals surface area contributed by atoms with Crippen molar-refractivity contribution >= 4 is 23.9 Å². The quantitative estimate of drug-likeness (QED) is 0.0465. The summed E-state index contributed by atoms with van der Waals surface area (Å²) >= 11 is 0. The second-order valence-electron chi connectivity index (χ2n) is 10.6. The Morgan fingerprint density at radius 1 is 0.438 bits per heavy atom. The molecule has 0 atom stereocenters. The highest BCUT2D eigenvalue weighted by Gasteiger charge is 2.12. The Labute approximate surface area is 281 Å². The average Bonchev–Trinajstić information content (AvgIpc) is 3.11. The molecule has 0 radical (unpaired) electrons. The number of esters is 4. The highest BCUT2D eigenvalue weighted by atomic mass is 16.5. The summed E-state index contributed by atoms with van der Waals surface area (Å²) in [6.45, 7) is 8.57. The fourth-order valence-corrected chi connectivity index (χ4v) is 4.24. The van der Waals surface area contributed by atoms with Crippen molar-refractivity contribution in [3.8, 4) is 23.0 Å². The Bertz CT molecular complexity index is 1460. The normalized spacial score (nSPS) is 10.3. The number of unbranched alkanes of at least 4 members (excludes halogenated alkanes) is 6. The maximum atomic E-state index is 12.6. The molecule has 254 valence electrons. The fourth-order valence-electron chi connectivity index (χ4n) is 4.24. The van der Waals surface area contributed by atoms with Crippen molar-refractivity contribution in [3.63, 3.8) is 0 Å². The summed E-state index contributed by atoms with van der Waals surface area (Å²) in [6, 6.07) is 19.5. The van der Waals surface area contributed by atoms with Gasteiger partial charge in [0.25, 0.3) is 0 Å². The summed E-state index contributed by atoms with van der Waals surface area (Å²) in [4.78, 5) is 47.2. The molecule has 3 rings (SSSR count). The molecular weight excluding hydrogens is 616 g/mol. The molecule has 0 fully saturated rings. The first-order valence-electron chi connectivity index (χ1n) is 16.0. The lowest BCUT2D eigenvalue weighted by Gasteiger charge is -2.09. The van der Waals surface area contributed by atoms with Crippen LogP contribution in [0.2, 0.25) is 0 Å². The van der Waals surface area contributed by atoms with Gasteiger partial charge in [0.15, 0.2) is 0 Å². The Morgan fingerprint density at radius 3 is 1.12 bits per heavy atom. The van der Waals surface area contributed by atoms with Gasteiger partial charge in [0.1, 0.15) is 23.0 Å². The minimum Gasteiger partial charge on any atom is -0.494 e. The molecule has 0 amide bonds. The van der Waals surface area contributed by atoms with Crippen LogP contribution in [0, 0.1) is 0 Å². The van der Waals surface area contributed by atoms with Crippen LogP contribution in [-0.4, -0.2) is 50.3 Å². The summed E-state index contributed by atoms with van der Waals surface area (Å²) in [7, 11) is 0. The predicted octanol–water partition coefficient (Wildman–Crippen LogP) is 7.46. The summed E-state index contributed by atoms with van der Waals surface area (Å²) < 4.78 is 32.3. The maximum Gasteiger partial charge on any atom is 0.343 e. The summed E-state index contributed by atoms with van der Waals surface area (Å²) in [6.07, 6.45) is 9.35. The lowest BCUT2D eigenvalue weighted by Crippen LogP contribution is -2.10. The van der Waals surface area contributed by atoms with E-state index >= 15 is 0 Å². The largest absolute Gasteiger partial charge is 0.494 e. The van der Waals surface area contributed by atoms with Gasteiger partial charge in [0, 0.05) is 12.2 Å². The van der Waals surface area contributed by atoms with Crippen LogP contribution < -0.4 is 18.9 Å². The molecule has 48 heavy (non-hydrogen) atoms. The van der Waals surface area contributed by atoms with Crippen LogP contribution in [0.4, 0.5) is 0 Å². The molecule has 3 aromatic carbocycles. The standard InChI is InChI=1S/C38H42O10/c1-3-35(39)45-27-11-7-5-9-25-43-31-17-13-29(14-18-31)37(41)47-33-19-15-30(16-20-33)38(42)48-34-23-21-32(22-24-34)44-26-10-6-8-12-28-46-36(40)4-2/h3-4,13-24H,1-2,5-12,25-28H2. The zero-order valence-electron chi connectivity index (χ0n) is 27.1. The second kappa shape index (κ2) is 21.4. The molecule has 0 aliphatic rings. The zero-order valence-corrected chi connectivity index (χ0v) is 27.1. The Hall–Kier alpha value is -5.38. The number of benzene rings is 3. The lowest BCUT2D eigenvalue weighted by atomic mass is 10.2. The molecule has 0 aromatic heterocycles. The third-order valence-electron chi connectivity index (χ3n) is 6.86. The number of rotatable bonds is 22. The van der Waals surface area contributed by atoms with Gasteiger partial charge in [0.2, 0.25) is 0 Å². The molecule has 10 nitrogen and oxygen atoms in total. The molecule has 0 aliphatic heterocycles. The molecule has 0 saturated carbocycles. The summed E-state index contributed by atoms with van der Waals surface area (Å²) in [5.74, 6) is 0.0611. The number of carbonyl (C=O) groups excluding carboxylic acids is 4. The lowest BCUT2D eigenvalue weighted by molar-refractivity contribution is -0.138. The van der Waals surface area contributed by atoms with E-state index < -0.39 is 23.9 Å². The highest BCUT2D eigenvalue weighted by molar-refractivity contribution is 5.92. The van der Waals surface area contributed by atoms with Gasteiger partial charge in [-0.15, -0.1) is 0 Å². The number of hydrogen-bond acceptors (Lipinski definition) is 10. The number of ether oxygens (including phenoxy) is 6. The molecule has 0 aliphatic carbocycles. The summed E-state index contributed by atoms with van der Waals surface area (Å²) in [5, 5.41) is 0. The van der Waals surface area contributed by atoms with Crippen molar-refractivity contribution < 1.29 is 47.6 Å². The molecule has 0 saturated heterocycles. The van der Waals surface area contributed by atoms with Crippen molar-refractivity contribution in [2.75, 3.05) is 26.4 Å². The van der Waals surface area contributed by atoms with Gasteiger partial charge < -0.3 is 28.4 Å². The zero-order chi connectivity index (χ0) is 34.4. The van der Waals surface area contributed by atoms with E-state index in [4.69, 9.17) is 28.4 Å². The molecule has 0 heterocycles. The van der Waals surface area contributed by atoms with Crippen molar-refractivity contribution in [1.82, 2.24) is 0 Å². The molecule has 3 aromatic rings. The Kier molecular flexibility index (Phi) is 16.5. The molecular formula is C38H42O10. The Morgan fingerprint density at radius 2 is 0.750 bits per heavy atom. The smallest absolute Gasteiger partial charge is 0.343 e. The van der Waals surface area contributed by atoms with Crippen molar-refractivity contribution in [2.45, 2.75) is 51.4 Å². The maximum absolute atomic E-state index is 12.6. The van der Waals surface area contributed by atoms with E-state index in [1.54, 1.807) is 48.5 Å². The molecule has 0 spiro atoms. The minimum atomic E-state index is -0.551. The number of hydrogen-bond donors (Lipinski definition) is 0. The van der Waals surface area contributed by atoms with E-state index in [1.807, 2.05) is 0 Å². The van der Waals surface area contributed by atoms with Crippen LogP contribution in [0.25, 0.3) is 0 Å². The molecule has 0 unspecified atom stereocenters. The summed E-state index contributed by atoms with van der Waals surface area (Å²) in [5.41, 5.74) is 0.656. The van der Waals surface area contributed by atoms with Crippen molar-refractivity contribution in [2.24, 2.45) is 0 Å². The van der Waals surface area contributed by atoms with E-state index in [9.17, 15) is 19.2 Å². The van der Waals surface area contributed by atoms with Crippen molar-refractivity contribution in [1.29, 1.82) is 0 Å². The van der Waals surface area contributed by atoms with Crippen LogP contribution >= 0.6 is 0 Å². The second-order valence-corrected chi connectivity index (χ2v) is 10.6. The van der Waals surface area contributed by atoms with E-state index in [0.29, 0.717) is 54.8 Å². The van der Waals surface area contributed by atoms with Crippen molar-refractivity contribution in [3.05, 3.63) is 109 Å². The van der Waals surface area contributed by atoms with Gasteiger partial charge in [-0.25, -0.2) is 19.2 Å². The predicted molar refractivity (Wildman–Crippen MR) is 179 cm³/mol. The molecule has 10 heteroatoms. The third kappa shape index (κ3) is 14.4. The first-order valence-corrected chi connectivity index (χ1v) is 16.0. The van der Waals surface area contributed by atoms with Crippen LogP contribution in [0.3, 0.4) is 0 Å². The SMILES string of the molecule is C=CC(=O)OCCCCCCOc1ccc(OC(=O)c2ccc(OC(=O)c3ccc(OCCCCCCOC(=O)C=C)cc3)cc2)cc1. The van der Waals surface area contributed by atoms with Gasteiger partial charge in [-0.2, -0.15) is 0 Å². The van der Waals surface area contributed by atoms with Crippen LogP contribution in [-0.2, 0) is 19.1 Å². The average molecular weight is 659 g/mol. The fraction of sp³-hybridized carbons (Fsp3) is 0.316. The van der Waals surface area contributed by atoms with Gasteiger partial charge in [-0.1, -0.05) is 13.2 Å². The monoisotopic (exact) mass is 658 g/mol. The first kappa shape index (κ1) is 37.1. The highest BCUT2D eigenvalue weighted by Crippen LogP contribution is 2.21. The van der Waals surface area contributed by atoms with Crippen LogP contribution in [0.5, 0.6) is 23.0 Å². The minimum absolute atomic E-state index is 0.286. The van der Waals surface area contributed by atoms with E-state index in [0.717, 1.165) is 63.5 Å².